The SMILES string of the molecule is [I][GeH2][GeH]([I])[I]. The molecule has 0 aromatic carbocycles. The van der Waals surface area contributed by atoms with Gasteiger partial charge in [-0.3, -0.25) is 0 Å². The van der Waals surface area contributed by atoms with Crippen LogP contribution in [-0.4, -0.2) is 15.9 Å². The molecule has 0 saturated heterocycles. The summed E-state index contributed by atoms with van der Waals surface area (Å²) in [6.07, 6.45) is 0. The molecule has 5 heavy (non-hydrogen) atoms. The summed E-state index contributed by atoms with van der Waals surface area (Å²) in [5, 5.41) is 0. The van der Waals surface area contributed by atoms with E-state index in [9.17, 15) is 0 Å². The fourth-order valence-corrected chi connectivity index (χ4v) is 0. The van der Waals surface area contributed by atoms with Crippen molar-refractivity contribution in [2.24, 2.45) is 0 Å². The Morgan fingerprint density at radius 3 is 1.60 bits per heavy atom. The van der Waals surface area contributed by atoms with Gasteiger partial charge >= 0.3 is 76.6 Å². The Kier molecular flexibility index (Phi) is 8.96. The van der Waals surface area contributed by atoms with Crippen molar-refractivity contribution in [2.45, 2.75) is 0 Å². The van der Waals surface area contributed by atoms with Crippen LogP contribution < -0.4 is 0 Å². The van der Waals surface area contributed by atoms with Gasteiger partial charge in [-0.25, -0.2) is 0 Å². The zero-order chi connectivity index (χ0) is 4.28. The monoisotopic (exact) mass is 532 g/mol. The van der Waals surface area contributed by atoms with E-state index in [0.717, 1.165) is 0 Å². The topological polar surface area (TPSA) is 0 Å². The average molecular weight is 529 g/mol. The molecular formula is H3Ge2I3. The van der Waals surface area contributed by atoms with Gasteiger partial charge < -0.3 is 0 Å². The molecule has 0 aliphatic heterocycles. The second-order valence-corrected chi connectivity index (χ2v) is 103. The standard InChI is InChI=1S/Ge2H3I3/c3-1-2(4)5/h2H,1H2. The first kappa shape index (κ1) is 8.28. The van der Waals surface area contributed by atoms with Crippen LogP contribution in [0.25, 0.3) is 0 Å². The van der Waals surface area contributed by atoms with Gasteiger partial charge in [0.1, 0.15) is 0 Å². The number of hydrogen-bond donors (Lipinski definition) is 0. The number of hydrogen-bond acceptors (Lipinski definition) is 0. The predicted molar refractivity (Wildman–Crippen MR) is 57.8 cm³/mol. The van der Waals surface area contributed by atoms with Gasteiger partial charge in [0, 0.05) is 0 Å². The van der Waals surface area contributed by atoms with E-state index < -0.39 is 5.76 Å². The van der Waals surface area contributed by atoms with Crippen molar-refractivity contribution in [1.82, 2.24) is 0 Å². The summed E-state index contributed by atoms with van der Waals surface area (Å²) in [6.45, 7) is 0. The van der Waals surface area contributed by atoms with Gasteiger partial charge in [0.05, 0.1) is 0 Å². The van der Waals surface area contributed by atoms with Crippen LogP contribution >= 0.6 is 60.6 Å². The summed E-state index contributed by atoms with van der Waals surface area (Å²) < 4.78 is 0. The van der Waals surface area contributed by atoms with E-state index in [0.29, 0.717) is 0 Å². The predicted octanol–water partition coefficient (Wildman–Crippen LogP) is 1.09. The molecule has 0 aliphatic carbocycles. The molecule has 0 aliphatic rings. The molecule has 0 saturated carbocycles. The zero-order valence-corrected chi connectivity index (χ0v) is 14.3. The summed E-state index contributed by atoms with van der Waals surface area (Å²) in [6, 6.07) is 0. The molecule has 5 heteroatoms. The quantitative estimate of drug-likeness (QED) is 0.353. The zero-order valence-electron chi connectivity index (χ0n) is 2.42. The van der Waals surface area contributed by atoms with Crippen molar-refractivity contribution in [2.75, 3.05) is 0 Å². The van der Waals surface area contributed by atoms with E-state index in [1.807, 2.05) is 0 Å². The third-order valence-corrected chi connectivity index (χ3v) is 142. The molecule has 0 atom stereocenters. The third-order valence-electron chi connectivity index (χ3n) is 0.117. The molecule has 0 unspecified atom stereocenters. The molecule has 32 valence electrons. The molecule has 0 bridgehead atoms. The van der Waals surface area contributed by atoms with Crippen molar-refractivity contribution in [3.8, 4) is 0 Å². The third kappa shape index (κ3) is 7.28. The Bertz CT molecular complexity index is 18.9. The van der Waals surface area contributed by atoms with Gasteiger partial charge in [-0.1, -0.05) is 0 Å². The van der Waals surface area contributed by atoms with E-state index in [2.05, 4.69) is 60.6 Å². The van der Waals surface area contributed by atoms with Gasteiger partial charge in [0.25, 0.3) is 0 Å². The van der Waals surface area contributed by atoms with Crippen molar-refractivity contribution >= 4 is 76.6 Å². The van der Waals surface area contributed by atoms with Crippen LogP contribution in [0.3, 0.4) is 0 Å². The van der Waals surface area contributed by atoms with Gasteiger partial charge in [-0.05, 0) is 0 Å². The average Bonchev–Trinajstić information content (AvgIpc) is 1.38. The van der Waals surface area contributed by atoms with Gasteiger partial charge in [-0.15, -0.1) is 0 Å². The van der Waals surface area contributed by atoms with Crippen LogP contribution in [0, 0.1) is 0 Å². The van der Waals surface area contributed by atoms with Gasteiger partial charge in [-0.2, -0.15) is 0 Å². The molecule has 0 aromatic heterocycles. The van der Waals surface area contributed by atoms with E-state index >= 15 is 0 Å². The second kappa shape index (κ2) is 5.41. The number of rotatable bonds is 1. The van der Waals surface area contributed by atoms with Crippen LogP contribution in [0.4, 0.5) is 0 Å². The summed E-state index contributed by atoms with van der Waals surface area (Å²) >= 11 is 7.95. The molecule has 0 spiro atoms. The Hall–Kier alpha value is 3.28. The normalized spacial score (nSPS) is 12.0. The van der Waals surface area contributed by atoms with E-state index in [4.69, 9.17) is 0 Å². The fraction of sp³-hybridized carbons (Fsp3) is 0. The van der Waals surface area contributed by atoms with Gasteiger partial charge in [0.2, 0.25) is 0 Å². The van der Waals surface area contributed by atoms with Crippen molar-refractivity contribution in [3.05, 3.63) is 0 Å². The Labute approximate surface area is 74.4 Å². The molecule has 0 N–H and O–H groups in total. The summed E-state index contributed by atoms with van der Waals surface area (Å²) in [5.41, 5.74) is 0. The van der Waals surface area contributed by atoms with E-state index in [1.54, 1.807) is 0 Å². The fourth-order valence-electron chi connectivity index (χ4n) is 0. The first-order valence-corrected chi connectivity index (χ1v) is 35.6. The van der Waals surface area contributed by atoms with Crippen LogP contribution in [0.1, 0.15) is 0 Å². The molecule has 0 nitrogen and oxygen atoms in total. The Morgan fingerprint density at radius 2 is 1.60 bits per heavy atom. The second-order valence-electron chi connectivity index (χ2n) is 0.545. The van der Waals surface area contributed by atoms with Gasteiger partial charge in [0.15, 0.2) is 0 Å². The molecule has 0 radical (unpaired) electrons. The first-order valence-electron chi connectivity index (χ1n) is 1.11. The molecule has 0 amide bonds. The van der Waals surface area contributed by atoms with E-state index in [-0.39, 0.29) is 10.2 Å². The molecule has 0 heterocycles. The molecule has 0 rings (SSSR count). The van der Waals surface area contributed by atoms with Crippen LogP contribution in [0.5, 0.6) is 0 Å². The number of halogens is 3. The maximum atomic E-state index is 2.66. The minimum atomic E-state index is -0.397. The van der Waals surface area contributed by atoms with Crippen molar-refractivity contribution < 1.29 is 0 Å². The Balaban J connectivity index is 2.54. The minimum absolute atomic E-state index is 0.145. The van der Waals surface area contributed by atoms with Crippen LogP contribution in [0.2, 0.25) is 0 Å². The van der Waals surface area contributed by atoms with Crippen LogP contribution in [-0.2, 0) is 0 Å². The maximum absolute atomic E-state index is 2.66. The van der Waals surface area contributed by atoms with Crippen molar-refractivity contribution in [1.29, 1.82) is 0 Å². The summed E-state index contributed by atoms with van der Waals surface area (Å²) in [4.78, 5) is 0. The summed E-state index contributed by atoms with van der Waals surface area (Å²) in [5.74, 6) is -0.397. The van der Waals surface area contributed by atoms with Crippen molar-refractivity contribution in [3.63, 3.8) is 0 Å². The summed E-state index contributed by atoms with van der Waals surface area (Å²) in [7, 11) is 0.145. The van der Waals surface area contributed by atoms with Crippen LogP contribution in [0.15, 0.2) is 0 Å². The van der Waals surface area contributed by atoms with E-state index in [1.165, 1.54) is 0 Å². The molecule has 0 fully saturated rings. The first-order chi connectivity index (χ1) is 2.27. The Morgan fingerprint density at radius 1 is 1.40 bits per heavy atom. The molecular weight excluding hydrogens is 526 g/mol. The molecule has 0 aromatic rings.